The third-order valence-corrected chi connectivity index (χ3v) is 4.47. The fraction of sp³-hybridized carbons (Fsp3) is 0.176. The number of hydrogen-bond acceptors (Lipinski definition) is 4. The summed E-state index contributed by atoms with van der Waals surface area (Å²) in [5, 5.41) is 6.62. The third-order valence-electron chi connectivity index (χ3n) is 3.05. The molecule has 1 heterocycles. The minimum Gasteiger partial charge on any atom is -0.452 e. The number of rotatable bonds is 6. The van der Waals surface area contributed by atoms with Gasteiger partial charge in [0.05, 0.1) is 6.04 Å². The first-order valence-electron chi connectivity index (χ1n) is 6.97. The van der Waals surface area contributed by atoms with Crippen molar-refractivity contribution in [3.05, 3.63) is 62.8 Å². The second-order valence-corrected chi connectivity index (χ2v) is 6.44. The molecule has 4 nitrogen and oxygen atoms in total. The maximum atomic E-state index is 11.8. The van der Waals surface area contributed by atoms with Gasteiger partial charge in [-0.2, -0.15) is 11.3 Å². The summed E-state index contributed by atoms with van der Waals surface area (Å²) in [4.78, 5) is 23.4. The number of hydrogen-bond donors (Lipinski definition) is 1. The van der Waals surface area contributed by atoms with Crippen LogP contribution in [0, 0.1) is 0 Å². The van der Waals surface area contributed by atoms with Crippen LogP contribution >= 0.6 is 27.3 Å². The maximum absolute atomic E-state index is 11.8. The van der Waals surface area contributed by atoms with Gasteiger partial charge >= 0.3 is 5.97 Å². The maximum Gasteiger partial charge on any atom is 0.331 e. The zero-order valence-corrected chi connectivity index (χ0v) is 14.9. The Balaban J connectivity index is 1.78. The molecule has 1 aromatic carbocycles. The number of ether oxygens (including phenoxy) is 1. The molecule has 0 saturated heterocycles. The Morgan fingerprint density at radius 3 is 2.83 bits per heavy atom. The average molecular weight is 394 g/mol. The van der Waals surface area contributed by atoms with Crippen LogP contribution in [0.4, 0.5) is 0 Å². The van der Waals surface area contributed by atoms with E-state index in [1.807, 2.05) is 48.0 Å². The van der Waals surface area contributed by atoms with Crippen molar-refractivity contribution in [2.24, 2.45) is 0 Å². The molecule has 1 N–H and O–H groups in total. The highest BCUT2D eigenvalue weighted by Crippen LogP contribution is 2.22. The highest BCUT2D eigenvalue weighted by molar-refractivity contribution is 9.10. The Bertz CT molecular complexity index is 698. The number of nitrogens with one attached hydrogen (secondary N) is 1. The predicted octanol–water partition coefficient (Wildman–Crippen LogP) is 3.94. The number of thiophene rings is 1. The number of halogens is 1. The van der Waals surface area contributed by atoms with E-state index in [-0.39, 0.29) is 18.6 Å². The van der Waals surface area contributed by atoms with Crippen molar-refractivity contribution in [3.8, 4) is 0 Å². The van der Waals surface area contributed by atoms with Gasteiger partial charge in [-0.15, -0.1) is 0 Å². The van der Waals surface area contributed by atoms with Crippen molar-refractivity contribution in [2.45, 2.75) is 13.0 Å². The predicted molar refractivity (Wildman–Crippen MR) is 95.0 cm³/mol. The molecule has 0 radical (unpaired) electrons. The van der Waals surface area contributed by atoms with Crippen molar-refractivity contribution >= 4 is 45.2 Å². The normalized spacial score (nSPS) is 12.1. The fourth-order valence-corrected chi connectivity index (χ4v) is 3.16. The fourth-order valence-electron chi connectivity index (χ4n) is 1.91. The van der Waals surface area contributed by atoms with Crippen molar-refractivity contribution in [1.29, 1.82) is 0 Å². The molecule has 2 rings (SSSR count). The third kappa shape index (κ3) is 5.65. The average Bonchev–Trinajstić information content (AvgIpc) is 3.04. The monoisotopic (exact) mass is 393 g/mol. The summed E-state index contributed by atoms with van der Waals surface area (Å²) in [6.07, 6.45) is 2.97. The van der Waals surface area contributed by atoms with Gasteiger partial charge in [0.15, 0.2) is 6.61 Å². The lowest BCUT2D eigenvalue weighted by Crippen LogP contribution is -2.31. The number of benzene rings is 1. The van der Waals surface area contributed by atoms with Gasteiger partial charge in [-0.25, -0.2) is 4.79 Å². The largest absolute Gasteiger partial charge is 0.452 e. The van der Waals surface area contributed by atoms with E-state index >= 15 is 0 Å². The Kier molecular flexibility index (Phi) is 6.55. The summed E-state index contributed by atoms with van der Waals surface area (Å²) < 4.78 is 5.84. The first-order chi connectivity index (χ1) is 11.1. The van der Waals surface area contributed by atoms with Gasteiger partial charge in [0.2, 0.25) is 0 Å². The molecule has 0 bridgehead atoms. The SMILES string of the molecule is C[C@H](NC(=O)COC(=O)/C=C/c1ccsc1)c1ccccc1Br. The lowest BCUT2D eigenvalue weighted by molar-refractivity contribution is -0.144. The second kappa shape index (κ2) is 8.64. The first kappa shape index (κ1) is 17.4. The van der Waals surface area contributed by atoms with Gasteiger partial charge in [0.1, 0.15) is 0 Å². The molecule has 0 unspecified atom stereocenters. The van der Waals surface area contributed by atoms with E-state index in [1.165, 1.54) is 6.08 Å². The van der Waals surface area contributed by atoms with Crippen molar-refractivity contribution < 1.29 is 14.3 Å². The summed E-state index contributed by atoms with van der Waals surface area (Å²) in [5.74, 6) is -0.884. The number of amides is 1. The van der Waals surface area contributed by atoms with Crippen LogP contribution < -0.4 is 5.32 Å². The Hall–Kier alpha value is -1.92. The smallest absolute Gasteiger partial charge is 0.331 e. The molecule has 1 atom stereocenters. The van der Waals surface area contributed by atoms with Gasteiger partial charge < -0.3 is 10.1 Å². The molecule has 120 valence electrons. The van der Waals surface area contributed by atoms with Gasteiger partial charge in [-0.05, 0) is 47.0 Å². The van der Waals surface area contributed by atoms with Crippen LogP contribution in [0.5, 0.6) is 0 Å². The molecule has 0 spiro atoms. The minimum absolute atomic E-state index is 0.182. The van der Waals surface area contributed by atoms with Gasteiger partial charge in [-0.1, -0.05) is 34.1 Å². The second-order valence-electron chi connectivity index (χ2n) is 4.81. The van der Waals surface area contributed by atoms with Crippen LogP contribution in [-0.4, -0.2) is 18.5 Å². The molecule has 0 aliphatic rings. The van der Waals surface area contributed by atoms with E-state index in [1.54, 1.807) is 17.4 Å². The van der Waals surface area contributed by atoms with Gasteiger partial charge in [0.25, 0.3) is 5.91 Å². The highest BCUT2D eigenvalue weighted by Gasteiger charge is 2.13. The van der Waals surface area contributed by atoms with Crippen molar-refractivity contribution in [1.82, 2.24) is 5.32 Å². The molecule has 0 aliphatic carbocycles. The molecule has 2 aromatic rings. The van der Waals surface area contributed by atoms with Gasteiger partial charge in [-0.3, -0.25) is 4.79 Å². The molecule has 23 heavy (non-hydrogen) atoms. The van der Waals surface area contributed by atoms with E-state index in [9.17, 15) is 9.59 Å². The molecule has 1 amide bonds. The van der Waals surface area contributed by atoms with Crippen LogP contribution in [0.15, 0.2) is 51.6 Å². The standard InChI is InChI=1S/C17H16BrNO3S/c1-12(14-4-2-3-5-15(14)18)19-16(20)10-22-17(21)7-6-13-8-9-23-11-13/h2-9,11-12H,10H2,1H3,(H,19,20)/b7-6+/t12-/m0/s1. The topological polar surface area (TPSA) is 55.4 Å². The molecular weight excluding hydrogens is 378 g/mol. The van der Waals surface area contributed by atoms with E-state index in [2.05, 4.69) is 21.2 Å². The Morgan fingerprint density at radius 2 is 2.13 bits per heavy atom. The Morgan fingerprint density at radius 1 is 1.35 bits per heavy atom. The zero-order valence-electron chi connectivity index (χ0n) is 12.5. The van der Waals surface area contributed by atoms with Gasteiger partial charge in [0, 0.05) is 10.5 Å². The molecule has 0 saturated carbocycles. The number of carbonyl (C=O) groups excluding carboxylic acids is 2. The number of esters is 1. The summed E-state index contributed by atoms with van der Waals surface area (Å²) in [5.41, 5.74) is 1.89. The van der Waals surface area contributed by atoms with E-state index < -0.39 is 5.97 Å². The summed E-state index contributed by atoms with van der Waals surface area (Å²) >= 11 is 4.99. The van der Waals surface area contributed by atoms with Crippen LogP contribution in [0.2, 0.25) is 0 Å². The highest BCUT2D eigenvalue weighted by atomic mass is 79.9. The summed E-state index contributed by atoms with van der Waals surface area (Å²) in [6, 6.07) is 9.35. The Labute approximate surface area is 147 Å². The van der Waals surface area contributed by atoms with Crippen LogP contribution in [0.25, 0.3) is 6.08 Å². The van der Waals surface area contributed by atoms with Crippen LogP contribution in [0.3, 0.4) is 0 Å². The molecule has 0 fully saturated rings. The quantitative estimate of drug-likeness (QED) is 0.597. The lowest BCUT2D eigenvalue weighted by atomic mass is 10.1. The molecule has 6 heteroatoms. The lowest BCUT2D eigenvalue weighted by Gasteiger charge is -2.15. The van der Waals surface area contributed by atoms with E-state index in [0.29, 0.717) is 0 Å². The van der Waals surface area contributed by atoms with E-state index in [4.69, 9.17) is 4.74 Å². The number of carbonyl (C=O) groups is 2. The van der Waals surface area contributed by atoms with E-state index in [0.717, 1.165) is 15.6 Å². The van der Waals surface area contributed by atoms with Crippen molar-refractivity contribution in [2.75, 3.05) is 6.61 Å². The van der Waals surface area contributed by atoms with Crippen LogP contribution in [0.1, 0.15) is 24.1 Å². The van der Waals surface area contributed by atoms with Crippen LogP contribution in [-0.2, 0) is 14.3 Å². The zero-order chi connectivity index (χ0) is 16.7. The molecule has 1 aromatic heterocycles. The molecular formula is C17H16BrNO3S. The van der Waals surface area contributed by atoms with Crippen molar-refractivity contribution in [3.63, 3.8) is 0 Å². The molecule has 0 aliphatic heterocycles. The summed E-state index contributed by atoms with van der Waals surface area (Å²) in [6.45, 7) is 1.57. The first-order valence-corrected chi connectivity index (χ1v) is 8.70. The summed E-state index contributed by atoms with van der Waals surface area (Å²) in [7, 11) is 0. The minimum atomic E-state index is -0.542.